The Balaban J connectivity index is -0.000000211. The summed E-state index contributed by atoms with van der Waals surface area (Å²) in [6.07, 6.45) is 15.6. The molecule has 0 aromatic heterocycles. The molecule has 0 rings (SSSR count). The van der Waals surface area contributed by atoms with Gasteiger partial charge < -0.3 is 0 Å². The van der Waals surface area contributed by atoms with E-state index in [4.69, 9.17) is 0 Å². The van der Waals surface area contributed by atoms with Crippen LogP contribution in [0.3, 0.4) is 0 Å². The quantitative estimate of drug-likeness (QED) is 0.279. The number of hydrogen-bond acceptors (Lipinski definition) is 0. The monoisotopic (exact) mass is 403 g/mol. The van der Waals surface area contributed by atoms with Crippen LogP contribution >= 0.6 is 0 Å². The molecule has 0 nitrogen and oxygen atoms in total. The summed E-state index contributed by atoms with van der Waals surface area (Å²) in [6.45, 7) is 26.2. The van der Waals surface area contributed by atoms with Gasteiger partial charge in [-0.25, -0.2) is 0 Å². The van der Waals surface area contributed by atoms with E-state index in [-0.39, 0.29) is 8.85 Å². The molecular weight excluding hydrogens is 348 g/mol. The van der Waals surface area contributed by atoms with Crippen LogP contribution in [0.15, 0.2) is 69.9 Å². The molecule has 170 valence electrons. The van der Waals surface area contributed by atoms with Gasteiger partial charge in [-0.1, -0.05) is 105 Å². The lowest BCUT2D eigenvalue weighted by Crippen LogP contribution is -1.95. The van der Waals surface area contributed by atoms with Gasteiger partial charge in [0.05, 0.1) is 0 Å². The van der Waals surface area contributed by atoms with Crippen molar-refractivity contribution in [3.8, 4) is 0 Å². The van der Waals surface area contributed by atoms with E-state index in [9.17, 15) is 0 Å². The smallest absolute Gasteiger partial charge is 0 e. The van der Waals surface area contributed by atoms with Crippen molar-refractivity contribution in [3.05, 3.63) is 69.9 Å². The first-order chi connectivity index (χ1) is 13.0. The lowest BCUT2D eigenvalue weighted by atomic mass is 9.94. The van der Waals surface area contributed by atoms with Gasteiger partial charge in [0.1, 0.15) is 0 Å². The van der Waals surface area contributed by atoms with Gasteiger partial charge in [0.2, 0.25) is 0 Å². The van der Waals surface area contributed by atoms with Crippen LogP contribution in [0.1, 0.15) is 105 Å². The molecule has 0 spiro atoms. The highest BCUT2D eigenvalue weighted by molar-refractivity contribution is 5.26. The number of allylic oxidation sites excluding steroid dienone is 12. The summed E-state index contributed by atoms with van der Waals surface area (Å²) in [7, 11) is 0. The lowest BCUT2D eigenvalue weighted by molar-refractivity contribution is 0.736. The lowest BCUT2D eigenvalue weighted by Gasteiger charge is -2.12. The standard InChI is InChI=1S/2C14H24.CH4.H2/c2*1-7-12(5)9-14(11(3)4)10-13(6)8-2;;/h2*7-9,11H,10H2,1-6H3;1H4;1H/i;;;1+1. The topological polar surface area (TPSA) is 0 Å². The first kappa shape index (κ1) is 32.1. The molecule has 0 heteroatoms. The molecule has 0 aliphatic carbocycles. The molecule has 0 heterocycles. The normalized spacial score (nSPS) is 14.7. The minimum Gasteiger partial charge on any atom is -0.0884 e. The summed E-state index contributed by atoms with van der Waals surface area (Å²) < 4.78 is 0. The molecule has 0 aliphatic rings. The van der Waals surface area contributed by atoms with E-state index >= 15 is 0 Å². The zero-order valence-corrected chi connectivity index (χ0v) is 21.0. The van der Waals surface area contributed by atoms with Crippen molar-refractivity contribution >= 4 is 0 Å². The van der Waals surface area contributed by atoms with Gasteiger partial charge in [-0.2, -0.15) is 0 Å². The van der Waals surface area contributed by atoms with Crippen LogP contribution in [0.2, 0.25) is 0 Å². The van der Waals surface area contributed by atoms with Crippen LogP contribution in [0.4, 0.5) is 0 Å². The van der Waals surface area contributed by atoms with Crippen molar-refractivity contribution in [1.82, 2.24) is 0 Å². The third-order valence-electron chi connectivity index (χ3n) is 5.17. The number of hydrogen-bond donors (Lipinski definition) is 0. The van der Waals surface area contributed by atoms with Crippen LogP contribution in [0.5, 0.6) is 0 Å². The fourth-order valence-corrected chi connectivity index (χ4v) is 2.44. The van der Waals surface area contributed by atoms with Gasteiger partial charge in [-0.3, -0.25) is 0 Å². The first-order valence-electron chi connectivity index (χ1n) is 10.9. The Morgan fingerprint density at radius 1 is 0.586 bits per heavy atom. The van der Waals surface area contributed by atoms with Gasteiger partial charge >= 0.3 is 0 Å². The summed E-state index contributed by atoms with van der Waals surface area (Å²) in [5.41, 5.74) is 8.67. The minimum atomic E-state index is 0. The van der Waals surface area contributed by atoms with Crippen LogP contribution in [0, 0.1) is 11.8 Å². The Kier molecular flexibility index (Phi) is 20.5. The van der Waals surface area contributed by atoms with Crippen LogP contribution in [0.25, 0.3) is 0 Å². The van der Waals surface area contributed by atoms with E-state index in [1.807, 2.05) is 0 Å². The van der Waals surface area contributed by atoms with Crippen molar-refractivity contribution < 1.29 is 1.43 Å². The van der Waals surface area contributed by atoms with E-state index in [1.54, 1.807) is 0 Å². The van der Waals surface area contributed by atoms with Gasteiger partial charge in [-0.15, -0.1) is 0 Å². The SMILES string of the molecule is C.CC=C(C)C=C(CC(C)=CC)C(C)C.CC=C(C)C=C(CC(C)=CC)C(C)C.[2HH]. The number of rotatable bonds is 8. The summed E-state index contributed by atoms with van der Waals surface area (Å²) in [5.74, 6) is 1.28. The van der Waals surface area contributed by atoms with Gasteiger partial charge in [0.15, 0.2) is 0 Å². The molecule has 0 N–H and O–H groups in total. The van der Waals surface area contributed by atoms with Gasteiger partial charge in [-0.05, 0) is 80.1 Å². The molecule has 0 saturated carbocycles. The summed E-state index contributed by atoms with van der Waals surface area (Å²) >= 11 is 0. The molecule has 0 fully saturated rings. The van der Waals surface area contributed by atoms with Crippen molar-refractivity contribution in [2.24, 2.45) is 11.8 Å². The second kappa shape index (κ2) is 18.5. The summed E-state index contributed by atoms with van der Waals surface area (Å²) in [6, 6.07) is 0. The van der Waals surface area contributed by atoms with Crippen molar-refractivity contribution in [3.63, 3.8) is 0 Å². The van der Waals surface area contributed by atoms with Crippen molar-refractivity contribution in [2.75, 3.05) is 0 Å². The second-order valence-electron chi connectivity index (χ2n) is 8.44. The maximum atomic E-state index is 2.32. The molecular formula is C29H54. The largest absolute Gasteiger partial charge is 0.0884 e. The van der Waals surface area contributed by atoms with E-state index in [2.05, 4.69) is 120 Å². The van der Waals surface area contributed by atoms with Crippen molar-refractivity contribution in [2.45, 2.75) is 103 Å². The first-order valence-corrected chi connectivity index (χ1v) is 10.9. The molecule has 0 aromatic rings. The van der Waals surface area contributed by atoms with Crippen LogP contribution < -0.4 is 0 Å². The molecule has 0 amide bonds. The van der Waals surface area contributed by atoms with E-state index in [1.165, 1.54) is 33.4 Å². The molecule has 0 atom stereocenters. The Bertz CT molecular complexity index is 561. The molecule has 0 saturated heterocycles. The van der Waals surface area contributed by atoms with E-state index < -0.39 is 0 Å². The van der Waals surface area contributed by atoms with Crippen LogP contribution in [-0.4, -0.2) is 0 Å². The van der Waals surface area contributed by atoms with Crippen molar-refractivity contribution in [1.29, 1.82) is 0 Å². The minimum absolute atomic E-state index is 0. The highest BCUT2D eigenvalue weighted by Crippen LogP contribution is 2.21. The second-order valence-corrected chi connectivity index (χ2v) is 8.44. The molecule has 0 aliphatic heterocycles. The fraction of sp³-hybridized carbons (Fsp3) is 0.586. The highest BCUT2D eigenvalue weighted by atomic mass is 14.1. The highest BCUT2D eigenvalue weighted by Gasteiger charge is 2.04. The van der Waals surface area contributed by atoms with E-state index in [0.29, 0.717) is 11.8 Å². The van der Waals surface area contributed by atoms with E-state index in [0.717, 1.165) is 12.8 Å². The Hall–Kier alpha value is -1.56. The molecule has 0 aromatic carbocycles. The third-order valence-corrected chi connectivity index (χ3v) is 5.17. The van der Waals surface area contributed by atoms with Gasteiger partial charge in [0.25, 0.3) is 0 Å². The maximum absolute atomic E-state index is 2.32. The Morgan fingerprint density at radius 3 is 1.03 bits per heavy atom. The van der Waals surface area contributed by atoms with Gasteiger partial charge in [0, 0.05) is 1.43 Å². The Labute approximate surface area is 186 Å². The predicted molar refractivity (Wildman–Crippen MR) is 142 cm³/mol. The molecule has 0 unspecified atom stereocenters. The summed E-state index contributed by atoms with van der Waals surface area (Å²) in [5, 5.41) is 0. The van der Waals surface area contributed by atoms with Crippen LogP contribution in [-0.2, 0) is 0 Å². The third kappa shape index (κ3) is 17.0. The Morgan fingerprint density at radius 2 is 0.862 bits per heavy atom. The average molecular weight is 404 g/mol. The fourth-order valence-electron chi connectivity index (χ4n) is 2.44. The molecule has 0 bridgehead atoms. The molecule has 0 radical (unpaired) electrons. The molecule has 29 heavy (non-hydrogen) atoms. The maximum Gasteiger partial charge on any atom is 0 e. The zero-order valence-electron chi connectivity index (χ0n) is 21.0. The summed E-state index contributed by atoms with van der Waals surface area (Å²) in [4.78, 5) is 0. The predicted octanol–water partition coefficient (Wildman–Crippen LogP) is 10.7. The zero-order chi connectivity index (χ0) is 22.3. The average Bonchev–Trinajstić information content (AvgIpc) is 2.66.